The van der Waals surface area contributed by atoms with Crippen LogP contribution in [0.1, 0.15) is 11.1 Å². The van der Waals surface area contributed by atoms with E-state index in [1.165, 1.54) is 0 Å². The maximum absolute atomic E-state index is 9.64. The van der Waals surface area contributed by atoms with Crippen molar-refractivity contribution in [1.29, 1.82) is 0 Å². The molecule has 0 saturated carbocycles. The molecule has 19 heavy (non-hydrogen) atoms. The highest BCUT2D eigenvalue weighted by molar-refractivity contribution is 5.97. The average molecular weight is 267 g/mol. The number of likely N-dealkylation sites (N-methyl/N-ethyl adjacent to an activating group) is 1. The number of rotatable bonds is 7. The first-order valence-electron chi connectivity index (χ1n) is 5.99. The molecule has 0 heterocycles. The zero-order valence-corrected chi connectivity index (χ0v) is 11.3. The molecule has 0 saturated heterocycles. The second-order valence-corrected chi connectivity index (χ2v) is 4.49. The quantitative estimate of drug-likeness (QED) is 0.284. The summed E-state index contributed by atoms with van der Waals surface area (Å²) in [7, 11) is 3.47. The van der Waals surface area contributed by atoms with E-state index in [1.54, 1.807) is 13.2 Å². The fraction of sp³-hybridized carbons (Fsp3) is 0.462. The summed E-state index contributed by atoms with van der Waals surface area (Å²) in [5.41, 5.74) is 7.24. The number of methoxy groups -OCH3 is 1. The summed E-state index contributed by atoms with van der Waals surface area (Å²) in [6, 6.07) is 7.43. The Balaban J connectivity index is 2.61. The van der Waals surface area contributed by atoms with Crippen molar-refractivity contribution in [2.75, 3.05) is 27.3 Å². The van der Waals surface area contributed by atoms with Crippen LogP contribution in [0.4, 0.5) is 0 Å². The van der Waals surface area contributed by atoms with E-state index in [4.69, 9.17) is 15.7 Å². The van der Waals surface area contributed by atoms with Crippen molar-refractivity contribution in [2.45, 2.75) is 12.6 Å². The SMILES string of the molecule is COCC(O)CN(C)Cc1cccc(/C(N)=N/O)c1. The predicted molar refractivity (Wildman–Crippen MR) is 73.2 cm³/mol. The van der Waals surface area contributed by atoms with Gasteiger partial charge in [-0.1, -0.05) is 23.4 Å². The van der Waals surface area contributed by atoms with Gasteiger partial charge in [0.15, 0.2) is 5.84 Å². The van der Waals surface area contributed by atoms with Gasteiger partial charge in [-0.3, -0.25) is 4.90 Å². The van der Waals surface area contributed by atoms with Crippen LogP contribution in [0.3, 0.4) is 0 Å². The third-order valence-electron chi connectivity index (χ3n) is 2.66. The summed E-state index contributed by atoms with van der Waals surface area (Å²) in [6.07, 6.45) is -0.512. The maximum atomic E-state index is 9.64. The molecule has 0 spiro atoms. The zero-order valence-electron chi connectivity index (χ0n) is 11.3. The van der Waals surface area contributed by atoms with Gasteiger partial charge in [0.1, 0.15) is 0 Å². The minimum Gasteiger partial charge on any atom is -0.409 e. The Morgan fingerprint density at radius 3 is 2.89 bits per heavy atom. The van der Waals surface area contributed by atoms with Gasteiger partial charge in [-0.15, -0.1) is 0 Å². The fourth-order valence-corrected chi connectivity index (χ4v) is 1.87. The van der Waals surface area contributed by atoms with E-state index < -0.39 is 6.10 Å². The largest absolute Gasteiger partial charge is 0.409 e. The number of aliphatic hydroxyl groups is 1. The number of nitrogens with two attached hydrogens (primary N) is 1. The molecule has 6 heteroatoms. The lowest BCUT2D eigenvalue weighted by Gasteiger charge is -2.20. The van der Waals surface area contributed by atoms with E-state index in [-0.39, 0.29) is 5.84 Å². The summed E-state index contributed by atoms with van der Waals surface area (Å²) < 4.78 is 4.88. The van der Waals surface area contributed by atoms with Gasteiger partial charge in [0, 0.05) is 25.8 Å². The molecule has 0 aliphatic carbocycles. The van der Waals surface area contributed by atoms with E-state index in [2.05, 4.69) is 5.16 Å². The third kappa shape index (κ3) is 5.25. The van der Waals surface area contributed by atoms with Crippen molar-refractivity contribution in [1.82, 2.24) is 4.90 Å². The van der Waals surface area contributed by atoms with Gasteiger partial charge in [0.05, 0.1) is 12.7 Å². The van der Waals surface area contributed by atoms with Gasteiger partial charge in [-0.25, -0.2) is 0 Å². The van der Waals surface area contributed by atoms with E-state index in [9.17, 15) is 5.11 Å². The average Bonchev–Trinajstić information content (AvgIpc) is 2.38. The molecule has 0 aliphatic rings. The molecule has 6 nitrogen and oxygen atoms in total. The first-order valence-corrected chi connectivity index (χ1v) is 5.99. The van der Waals surface area contributed by atoms with E-state index in [1.807, 2.05) is 30.1 Å². The van der Waals surface area contributed by atoms with Gasteiger partial charge in [-0.05, 0) is 18.7 Å². The van der Waals surface area contributed by atoms with Crippen LogP contribution in [0.15, 0.2) is 29.4 Å². The summed E-state index contributed by atoms with van der Waals surface area (Å²) in [4.78, 5) is 1.98. The fourth-order valence-electron chi connectivity index (χ4n) is 1.87. The van der Waals surface area contributed by atoms with Gasteiger partial charge in [-0.2, -0.15) is 0 Å². The number of hydrogen-bond acceptors (Lipinski definition) is 5. The Morgan fingerprint density at radius 1 is 1.53 bits per heavy atom. The molecule has 0 radical (unpaired) electrons. The van der Waals surface area contributed by atoms with Crippen molar-refractivity contribution >= 4 is 5.84 Å². The summed E-state index contributed by atoms with van der Waals surface area (Å²) in [6.45, 7) is 1.49. The minimum absolute atomic E-state index is 0.0870. The monoisotopic (exact) mass is 267 g/mol. The minimum atomic E-state index is -0.512. The number of amidine groups is 1. The van der Waals surface area contributed by atoms with Gasteiger partial charge < -0.3 is 20.8 Å². The summed E-state index contributed by atoms with van der Waals surface area (Å²) >= 11 is 0. The van der Waals surface area contributed by atoms with Crippen molar-refractivity contribution in [3.63, 3.8) is 0 Å². The standard InChI is InChI=1S/C13H21N3O3/c1-16(8-12(17)9-19-2)7-10-4-3-5-11(6-10)13(14)15-18/h3-6,12,17-18H,7-9H2,1-2H3,(H2,14,15). The highest BCUT2D eigenvalue weighted by atomic mass is 16.5. The predicted octanol–water partition coefficient (Wildman–Crippen LogP) is 0.220. The van der Waals surface area contributed by atoms with Crippen LogP contribution < -0.4 is 5.73 Å². The van der Waals surface area contributed by atoms with E-state index in [0.29, 0.717) is 25.3 Å². The normalized spacial score (nSPS) is 13.8. The van der Waals surface area contributed by atoms with Gasteiger partial charge in [0.2, 0.25) is 0 Å². The number of aliphatic hydroxyl groups excluding tert-OH is 1. The van der Waals surface area contributed by atoms with Gasteiger partial charge in [0.25, 0.3) is 0 Å². The molecule has 0 aliphatic heterocycles. The number of hydrogen-bond donors (Lipinski definition) is 3. The molecule has 0 fully saturated rings. The Morgan fingerprint density at radius 2 is 2.26 bits per heavy atom. The topological polar surface area (TPSA) is 91.3 Å². The summed E-state index contributed by atoms with van der Waals surface area (Å²) in [5, 5.41) is 21.3. The Kier molecular flexibility index (Phi) is 6.27. The first-order chi connectivity index (χ1) is 9.06. The lowest BCUT2D eigenvalue weighted by molar-refractivity contribution is 0.0419. The molecule has 106 valence electrons. The smallest absolute Gasteiger partial charge is 0.170 e. The molecule has 1 rings (SSSR count). The molecule has 1 aromatic carbocycles. The van der Waals surface area contributed by atoms with Crippen LogP contribution in [-0.4, -0.2) is 54.5 Å². The van der Waals surface area contributed by atoms with Crippen LogP contribution in [0, 0.1) is 0 Å². The highest BCUT2D eigenvalue weighted by Gasteiger charge is 2.09. The van der Waals surface area contributed by atoms with Crippen LogP contribution in [0.5, 0.6) is 0 Å². The number of nitrogens with zero attached hydrogens (tertiary/aromatic N) is 2. The number of oxime groups is 1. The first kappa shape index (κ1) is 15.4. The van der Waals surface area contributed by atoms with Crippen molar-refractivity contribution < 1.29 is 15.1 Å². The van der Waals surface area contributed by atoms with Crippen molar-refractivity contribution in [3.8, 4) is 0 Å². The molecule has 0 aromatic heterocycles. The molecule has 1 atom stereocenters. The van der Waals surface area contributed by atoms with E-state index >= 15 is 0 Å². The lowest BCUT2D eigenvalue weighted by Crippen LogP contribution is -2.31. The zero-order chi connectivity index (χ0) is 14.3. The number of benzene rings is 1. The third-order valence-corrected chi connectivity index (χ3v) is 2.66. The van der Waals surface area contributed by atoms with Crippen LogP contribution in [0.2, 0.25) is 0 Å². The lowest BCUT2D eigenvalue weighted by atomic mass is 10.1. The van der Waals surface area contributed by atoms with Crippen LogP contribution in [-0.2, 0) is 11.3 Å². The van der Waals surface area contributed by atoms with Crippen LogP contribution >= 0.6 is 0 Å². The highest BCUT2D eigenvalue weighted by Crippen LogP contribution is 2.08. The molecule has 1 aromatic rings. The Labute approximate surface area is 113 Å². The Hall–Kier alpha value is -1.63. The molecular formula is C13H21N3O3. The summed E-state index contributed by atoms with van der Waals surface area (Å²) in [5.74, 6) is 0.0870. The molecular weight excluding hydrogens is 246 g/mol. The Bertz CT molecular complexity index is 423. The number of ether oxygens (including phenoxy) is 1. The van der Waals surface area contributed by atoms with Crippen molar-refractivity contribution in [2.24, 2.45) is 10.9 Å². The molecule has 0 amide bonds. The second kappa shape index (κ2) is 7.73. The van der Waals surface area contributed by atoms with E-state index in [0.717, 1.165) is 5.56 Å². The van der Waals surface area contributed by atoms with Crippen molar-refractivity contribution in [3.05, 3.63) is 35.4 Å². The molecule has 1 unspecified atom stereocenters. The van der Waals surface area contributed by atoms with Crippen LogP contribution in [0.25, 0.3) is 0 Å². The molecule has 0 bridgehead atoms. The maximum Gasteiger partial charge on any atom is 0.170 e. The second-order valence-electron chi connectivity index (χ2n) is 4.49. The van der Waals surface area contributed by atoms with Gasteiger partial charge >= 0.3 is 0 Å². The molecule has 4 N–H and O–H groups in total.